The second kappa shape index (κ2) is 7.19. The maximum Gasteiger partial charge on any atom is 0.245 e. The van der Waals surface area contributed by atoms with Crippen molar-refractivity contribution >= 4 is 34.8 Å². The molecule has 25 heavy (non-hydrogen) atoms. The van der Waals surface area contributed by atoms with Gasteiger partial charge < -0.3 is 20.9 Å². The number of benzene rings is 1. The van der Waals surface area contributed by atoms with Gasteiger partial charge in [-0.15, -0.1) is 0 Å². The van der Waals surface area contributed by atoms with Crippen molar-refractivity contribution in [3.8, 4) is 0 Å². The third kappa shape index (κ3) is 3.40. The van der Waals surface area contributed by atoms with E-state index in [1.807, 2.05) is 6.07 Å². The molecule has 4 rings (SSSR count). The van der Waals surface area contributed by atoms with Gasteiger partial charge in [-0.05, 0) is 67.8 Å². The number of thiocarbonyl (C=S) groups is 1. The second-order valence-electron chi connectivity index (χ2n) is 7.06. The zero-order valence-corrected chi connectivity index (χ0v) is 15.6. The van der Waals surface area contributed by atoms with Crippen molar-refractivity contribution in [3.63, 3.8) is 0 Å². The van der Waals surface area contributed by atoms with Crippen LogP contribution in [0.4, 0.5) is 0 Å². The van der Waals surface area contributed by atoms with Gasteiger partial charge in [0.05, 0.1) is 6.04 Å². The molecule has 3 saturated heterocycles. The van der Waals surface area contributed by atoms with E-state index in [0.29, 0.717) is 17.7 Å². The molecular weight excluding hydrogens is 356 g/mol. The van der Waals surface area contributed by atoms with Gasteiger partial charge in [0.2, 0.25) is 5.91 Å². The highest BCUT2D eigenvalue weighted by Crippen LogP contribution is 2.31. The fraction of sp³-hybridized carbons (Fsp3) is 0.556. The monoisotopic (exact) mass is 378 g/mol. The van der Waals surface area contributed by atoms with E-state index in [1.165, 1.54) is 24.0 Å². The lowest BCUT2D eigenvalue weighted by Gasteiger charge is -2.39. The fourth-order valence-electron chi connectivity index (χ4n) is 4.22. The minimum Gasteiger partial charge on any atom is -0.339 e. The predicted octanol–water partition coefficient (Wildman–Crippen LogP) is 2.10. The van der Waals surface area contributed by atoms with Crippen molar-refractivity contribution in [1.29, 1.82) is 0 Å². The number of amides is 1. The van der Waals surface area contributed by atoms with Crippen LogP contribution < -0.4 is 16.0 Å². The van der Waals surface area contributed by atoms with Gasteiger partial charge in [0.15, 0.2) is 5.11 Å². The Morgan fingerprint density at radius 3 is 2.88 bits per heavy atom. The molecule has 3 heterocycles. The molecule has 3 aliphatic heterocycles. The van der Waals surface area contributed by atoms with Crippen LogP contribution in [0.5, 0.6) is 0 Å². The lowest BCUT2D eigenvalue weighted by atomic mass is 9.93. The molecule has 0 spiro atoms. The highest BCUT2D eigenvalue weighted by Gasteiger charge is 2.42. The molecule has 0 aliphatic carbocycles. The van der Waals surface area contributed by atoms with E-state index in [0.717, 1.165) is 31.0 Å². The molecule has 3 N–H and O–H groups in total. The van der Waals surface area contributed by atoms with Crippen LogP contribution in [-0.2, 0) is 11.3 Å². The summed E-state index contributed by atoms with van der Waals surface area (Å²) in [4.78, 5) is 14.3. The minimum atomic E-state index is -0.171. The first-order valence-electron chi connectivity index (χ1n) is 9.00. The average molecular weight is 379 g/mol. The fourth-order valence-corrected chi connectivity index (χ4v) is 4.70. The van der Waals surface area contributed by atoms with Crippen molar-refractivity contribution in [2.75, 3.05) is 13.1 Å². The largest absolute Gasteiger partial charge is 0.339 e. The van der Waals surface area contributed by atoms with Crippen LogP contribution in [0.25, 0.3) is 0 Å². The summed E-state index contributed by atoms with van der Waals surface area (Å²) in [5.74, 6) is -0.00553. The quantitative estimate of drug-likeness (QED) is 0.703. The van der Waals surface area contributed by atoms with E-state index in [9.17, 15) is 4.79 Å². The van der Waals surface area contributed by atoms with E-state index in [2.05, 4.69) is 33.0 Å². The number of carbonyl (C=O) groups excluding carboxylic acids is 1. The molecule has 2 unspecified atom stereocenters. The lowest BCUT2D eigenvalue weighted by Crippen LogP contribution is -2.63. The molecule has 0 aromatic heterocycles. The Balaban J connectivity index is 1.61. The van der Waals surface area contributed by atoms with Crippen LogP contribution in [0.3, 0.4) is 0 Å². The summed E-state index contributed by atoms with van der Waals surface area (Å²) in [6, 6.07) is 6.42. The number of fused-ring (bicyclic) bond motifs is 1. The summed E-state index contributed by atoms with van der Waals surface area (Å²) in [6.45, 7) is 2.59. The normalized spacial score (nSPS) is 29.5. The van der Waals surface area contributed by atoms with E-state index >= 15 is 0 Å². The van der Waals surface area contributed by atoms with Crippen LogP contribution >= 0.6 is 23.8 Å². The number of nitrogens with one attached hydrogen (secondary N) is 3. The smallest absolute Gasteiger partial charge is 0.245 e. The molecule has 0 saturated carbocycles. The maximum absolute atomic E-state index is 12.1. The highest BCUT2D eigenvalue weighted by molar-refractivity contribution is 7.80. The van der Waals surface area contributed by atoms with Gasteiger partial charge in [-0.1, -0.05) is 24.1 Å². The molecule has 1 amide bonds. The molecule has 7 heteroatoms. The third-order valence-corrected chi connectivity index (χ3v) is 6.07. The molecule has 3 atom stereocenters. The molecule has 134 valence electrons. The first kappa shape index (κ1) is 17.2. The molecule has 5 nitrogen and oxygen atoms in total. The topological polar surface area (TPSA) is 56.4 Å². The highest BCUT2D eigenvalue weighted by atomic mass is 35.5. The van der Waals surface area contributed by atoms with Gasteiger partial charge in [-0.25, -0.2) is 0 Å². The van der Waals surface area contributed by atoms with Gasteiger partial charge in [0.1, 0.15) is 6.04 Å². The van der Waals surface area contributed by atoms with Crippen molar-refractivity contribution in [3.05, 3.63) is 34.3 Å². The summed E-state index contributed by atoms with van der Waals surface area (Å²) in [5.41, 5.74) is 2.49. The number of piperidine rings is 1. The van der Waals surface area contributed by atoms with Gasteiger partial charge in [-0.2, -0.15) is 0 Å². The molecular formula is C18H23ClN4OS. The first-order valence-corrected chi connectivity index (χ1v) is 9.78. The number of hydrogen-bond acceptors (Lipinski definition) is 4. The molecule has 0 radical (unpaired) electrons. The van der Waals surface area contributed by atoms with Crippen molar-refractivity contribution in [1.82, 2.24) is 20.9 Å². The van der Waals surface area contributed by atoms with Crippen molar-refractivity contribution < 1.29 is 4.79 Å². The van der Waals surface area contributed by atoms with E-state index < -0.39 is 0 Å². The summed E-state index contributed by atoms with van der Waals surface area (Å²) >= 11 is 11.8. The molecule has 1 aromatic carbocycles. The average Bonchev–Trinajstić information content (AvgIpc) is 3.10. The summed E-state index contributed by atoms with van der Waals surface area (Å²) < 4.78 is 0. The Labute approximate surface area is 158 Å². The Morgan fingerprint density at radius 2 is 2.08 bits per heavy atom. The van der Waals surface area contributed by atoms with Gasteiger partial charge in [-0.3, -0.25) is 4.79 Å². The van der Waals surface area contributed by atoms with Crippen molar-refractivity contribution in [2.24, 2.45) is 0 Å². The molecule has 3 fully saturated rings. The standard InChI is InChI=1S/C18H23ClN4OS/c19-12-5-4-11(13(9-12)14-3-1-2-7-20-14)10-23-15-6-8-21-16(15)17(24)22-18(23)25/h4-5,9,14-16,20-21H,1-3,6-8,10H2,(H,22,24,25)/t14-,15?,16?/m1/s1. The second-order valence-corrected chi connectivity index (χ2v) is 7.88. The number of hydrogen-bond donors (Lipinski definition) is 3. The number of rotatable bonds is 3. The maximum atomic E-state index is 12.1. The zero-order chi connectivity index (χ0) is 17.4. The first-order chi connectivity index (χ1) is 12.1. The molecule has 3 aliphatic rings. The van der Waals surface area contributed by atoms with Crippen LogP contribution in [0, 0.1) is 0 Å². The summed E-state index contributed by atoms with van der Waals surface area (Å²) in [6.07, 6.45) is 4.52. The van der Waals surface area contributed by atoms with Crippen LogP contribution in [-0.4, -0.2) is 41.1 Å². The minimum absolute atomic E-state index is 0.00553. The Bertz CT molecular complexity index is 692. The molecule has 0 bridgehead atoms. The SMILES string of the molecule is O=C1NC(=S)N(Cc2ccc(Cl)cc2[C@H]2CCCCN2)C2CCNC12. The number of carbonyl (C=O) groups is 1. The number of halogens is 1. The molecule has 1 aromatic rings. The van der Waals surface area contributed by atoms with E-state index in [1.54, 1.807) is 0 Å². The van der Waals surface area contributed by atoms with Gasteiger partial charge >= 0.3 is 0 Å². The summed E-state index contributed by atoms with van der Waals surface area (Å²) in [7, 11) is 0. The Hall–Kier alpha value is -1.21. The predicted molar refractivity (Wildman–Crippen MR) is 103 cm³/mol. The zero-order valence-electron chi connectivity index (χ0n) is 14.1. The van der Waals surface area contributed by atoms with E-state index in [-0.39, 0.29) is 18.0 Å². The van der Waals surface area contributed by atoms with E-state index in [4.69, 9.17) is 23.8 Å². The van der Waals surface area contributed by atoms with Gasteiger partial charge in [0.25, 0.3) is 0 Å². The third-order valence-electron chi connectivity index (χ3n) is 5.50. The summed E-state index contributed by atoms with van der Waals surface area (Å²) in [5, 5.41) is 11.0. The van der Waals surface area contributed by atoms with Crippen LogP contribution in [0.15, 0.2) is 18.2 Å². The van der Waals surface area contributed by atoms with Crippen LogP contribution in [0.1, 0.15) is 42.9 Å². The van der Waals surface area contributed by atoms with Crippen molar-refractivity contribution in [2.45, 2.75) is 50.4 Å². The van der Waals surface area contributed by atoms with Gasteiger partial charge in [0, 0.05) is 17.6 Å². The van der Waals surface area contributed by atoms with Crippen LogP contribution in [0.2, 0.25) is 5.02 Å². The Morgan fingerprint density at radius 1 is 1.20 bits per heavy atom. The lowest BCUT2D eigenvalue weighted by molar-refractivity contribution is -0.123. The Kier molecular flexibility index (Phi) is 4.95. The number of nitrogens with zero attached hydrogens (tertiary/aromatic N) is 1.